The highest BCUT2D eigenvalue weighted by molar-refractivity contribution is 5.95. The molecule has 0 bridgehead atoms. The first-order chi connectivity index (χ1) is 7.56. The number of aromatic carboxylic acids is 1. The number of carbonyl (C=O) groups excluding carboxylic acids is 1. The lowest BCUT2D eigenvalue weighted by atomic mass is 10.1. The van der Waals surface area contributed by atoms with E-state index in [1.165, 1.54) is 18.2 Å². The molecule has 0 aliphatic heterocycles. The monoisotopic (exact) mass is 222 g/mol. The Bertz CT molecular complexity index is 436. The number of benzene rings is 1. The number of phenolic OH excluding ortho intramolecular Hbond substituents is 1. The second-order valence-corrected chi connectivity index (χ2v) is 2.92. The second kappa shape index (κ2) is 4.97. The van der Waals surface area contributed by atoms with Crippen LogP contribution in [0.5, 0.6) is 5.75 Å². The predicted octanol–water partition coefficient (Wildman–Crippen LogP) is 1.43. The number of carboxylic acids is 1. The minimum atomic E-state index is -1.18. The Morgan fingerprint density at radius 2 is 2.12 bits per heavy atom. The van der Waals surface area contributed by atoms with Gasteiger partial charge in [0.15, 0.2) is 0 Å². The molecule has 0 amide bonds. The zero-order valence-corrected chi connectivity index (χ0v) is 8.34. The number of carbonyl (C=O) groups is 2. The molecule has 5 nitrogen and oxygen atoms in total. The molecule has 0 saturated heterocycles. The number of hydrogen-bond donors (Lipinski definition) is 2. The third kappa shape index (κ3) is 2.60. The summed E-state index contributed by atoms with van der Waals surface area (Å²) in [5.74, 6) is -2.33. The molecule has 84 valence electrons. The summed E-state index contributed by atoms with van der Waals surface area (Å²) >= 11 is 0. The zero-order valence-electron chi connectivity index (χ0n) is 8.34. The van der Waals surface area contributed by atoms with E-state index in [1.54, 1.807) is 0 Å². The molecule has 0 spiro atoms. The lowest BCUT2D eigenvalue weighted by molar-refractivity contribution is 0.0544. The third-order valence-corrected chi connectivity index (χ3v) is 1.80. The highest BCUT2D eigenvalue weighted by atomic mass is 16.5. The summed E-state index contributed by atoms with van der Waals surface area (Å²) < 4.78 is 4.69. The van der Waals surface area contributed by atoms with Gasteiger partial charge in [-0.25, -0.2) is 9.59 Å². The number of esters is 1. The van der Waals surface area contributed by atoms with E-state index in [9.17, 15) is 14.7 Å². The zero-order chi connectivity index (χ0) is 12.1. The van der Waals surface area contributed by atoms with Gasteiger partial charge in [-0.1, -0.05) is 12.7 Å². The Morgan fingerprint density at radius 3 is 2.62 bits per heavy atom. The van der Waals surface area contributed by atoms with Crippen LogP contribution in [0.3, 0.4) is 0 Å². The van der Waals surface area contributed by atoms with Crippen LogP contribution in [0.15, 0.2) is 30.9 Å². The van der Waals surface area contributed by atoms with Crippen molar-refractivity contribution >= 4 is 11.9 Å². The molecule has 16 heavy (non-hydrogen) atoms. The van der Waals surface area contributed by atoms with E-state index >= 15 is 0 Å². The van der Waals surface area contributed by atoms with E-state index in [2.05, 4.69) is 6.58 Å². The lowest BCUT2D eigenvalue weighted by Gasteiger charge is -2.04. The number of rotatable bonds is 4. The summed E-state index contributed by atoms with van der Waals surface area (Å²) in [7, 11) is 0. The normalized spacial score (nSPS) is 9.50. The molecule has 1 aromatic carbocycles. The van der Waals surface area contributed by atoms with Crippen LogP contribution < -0.4 is 0 Å². The van der Waals surface area contributed by atoms with Crippen molar-refractivity contribution in [3.8, 4) is 5.75 Å². The minimum absolute atomic E-state index is 0.0267. The molecule has 0 atom stereocenters. The quantitative estimate of drug-likeness (QED) is 0.594. The molecule has 5 heteroatoms. The highest BCUT2D eigenvalue weighted by Crippen LogP contribution is 2.19. The van der Waals surface area contributed by atoms with Crippen LogP contribution >= 0.6 is 0 Å². The average Bonchev–Trinajstić information content (AvgIpc) is 2.25. The van der Waals surface area contributed by atoms with Crippen molar-refractivity contribution in [1.29, 1.82) is 0 Å². The lowest BCUT2D eigenvalue weighted by Crippen LogP contribution is -2.06. The topological polar surface area (TPSA) is 83.8 Å². The van der Waals surface area contributed by atoms with Gasteiger partial charge >= 0.3 is 11.9 Å². The van der Waals surface area contributed by atoms with Gasteiger partial charge in [-0.2, -0.15) is 0 Å². The summed E-state index contributed by atoms with van der Waals surface area (Å²) in [5, 5.41) is 18.1. The van der Waals surface area contributed by atoms with Crippen LogP contribution in [-0.4, -0.2) is 28.8 Å². The summed E-state index contributed by atoms with van der Waals surface area (Å²) in [6.45, 7) is 3.40. The van der Waals surface area contributed by atoms with Gasteiger partial charge in [0, 0.05) is 0 Å². The first kappa shape index (κ1) is 11.8. The molecule has 1 rings (SSSR count). The minimum Gasteiger partial charge on any atom is -0.507 e. The number of phenols is 1. The van der Waals surface area contributed by atoms with Gasteiger partial charge in [0.1, 0.15) is 17.9 Å². The average molecular weight is 222 g/mol. The molecular weight excluding hydrogens is 212 g/mol. The second-order valence-electron chi connectivity index (χ2n) is 2.92. The van der Waals surface area contributed by atoms with Crippen molar-refractivity contribution in [2.75, 3.05) is 6.61 Å². The molecule has 0 aliphatic rings. The Morgan fingerprint density at radius 1 is 1.44 bits per heavy atom. The van der Waals surface area contributed by atoms with E-state index in [1.807, 2.05) is 0 Å². The fraction of sp³-hybridized carbons (Fsp3) is 0.0909. The van der Waals surface area contributed by atoms with Gasteiger partial charge < -0.3 is 14.9 Å². The van der Waals surface area contributed by atoms with Crippen LogP contribution in [0.25, 0.3) is 0 Å². The first-order valence-electron chi connectivity index (χ1n) is 4.40. The summed E-state index contributed by atoms with van der Waals surface area (Å²) in [5.41, 5.74) is -0.176. The van der Waals surface area contributed by atoms with Crippen LogP contribution in [0.1, 0.15) is 20.7 Å². The highest BCUT2D eigenvalue weighted by Gasteiger charge is 2.14. The van der Waals surface area contributed by atoms with Crippen molar-refractivity contribution in [2.24, 2.45) is 0 Å². The fourth-order valence-corrected chi connectivity index (χ4v) is 1.05. The van der Waals surface area contributed by atoms with E-state index in [0.29, 0.717) is 0 Å². The maximum atomic E-state index is 11.3. The van der Waals surface area contributed by atoms with Crippen LogP contribution in [0.4, 0.5) is 0 Å². The van der Waals surface area contributed by atoms with Gasteiger partial charge in [-0.15, -0.1) is 0 Å². The number of carboxylic acid groups (broad SMARTS) is 1. The van der Waals surface area contributed by atoms with Gasteiger partial charge in [-0.05, 0) is 18.2 Å². The number of hydrogen-bond acceptors (Lipinski definition) is 4. The smallest absolute Gasteiger partial charge is 0.342 e. The van der Waals surface area contributed by atoms with Gasteiger partial charge in [0.05, 0.1) is 5.56 Å². The Kier molecular flexibility index (Phi) is 3.66. The summed E-state index contributed by atoms with van der Waals surface area (Å²) in [4.78, 5) is 21.9. The van der Waals surface area contributed by atoms with Crippen molar-refractivity contribution in [3.05, 3.63) is 42.0 Å². The van der Waals surface area contributed by atoms with Crippen molar-refractivity contribution in [2.45, 2.75) is 0 Å². The molecule has 1 aromatic rings. The Hall–Kier alpha value is -2.30. The van der Waals surface area contributed by atoms with Crippen molar-refractivity contribution in [1.82, 2.24) is 0 Å². The van der Waals surface area contributed by atoms with Gasteiger partial charge in [0.2, 0.25) is 0 Å². The van der Waals surface area contributed by atoms with Gasteiger partial charge in [-0.3, -0.25) is 0 Å². The van der Waals surface area contributed by atoms with Crippen LogP contribution in [0.2, 0.25) is 0 Å². The molecular formula is C11H10O5. The molecule has 0 unspecified atom stereocenters. The largest absolute Gasteiger partial charge is 0.507 e. The molecule has 0 fully saturated rings. The fourth-order valence-electron chi connectivity index (χ4n) is 1.05. The van der Waals surface area contributed by atoms with E-state index < -0.39 is 17.7 Å². The number of ether oxygens (including phenoxy) is 1. The Labute approximate surface area is 91.6 Å². The molecule has 0 aromatic heterocycles. The molecule has 0 saturated carbocycles. The van der Waals surface area contributed by atoms with E-state index in [0.717, 1.165) is 6.07 Å². The standard InChI is InChI=1S/C11H10O5/c1-2-5-16-11(15)8-4-3-7(10(13)14)6-9(8)12/h2-4,6,12H,1,5H2,(H,13,14). The predicted molar refractivity (Wildman–Crippen MR) is 55.5 cm³/mol. The van der Waals surface area contributed by atoms with E-state index in [-0.39, 0.29) is 17.7 Å². The maximum absolute atomic E-state index is 11.3. The summed E-state index contributed by atoms with van der Waals surface area (Å²) in [6.07, 6.45) is 1.39. The number of aromatic hydroxyl groups is 1. The maximum Gasteiger partial charge on any atom is 0.342 e. The van der Waals surface area contributed by atoms with Crippen molar-refractivity contribution in [3.63, 3.8) is 0 Å². The summed E-state index contributed by atoms with van der Waals surface area (Å²) in [6, 6.07) is 3.41. The molecule has 0 radical (unpaired) electrons. The van der Waals surface area contributed by atoms with Crippen LogP contribution in [0, 0.1) is 0 Å². The molecule has 0 aliphatic carbocycles. The first-order valence-corrected chi connectivity index (χ1v) is 4.40. The third-order valence-electron chi connectivity index (χ3n) is 1.80. The SMILES string of the molecule is C=CCOC(=O)c1ccc(C(=O)O)cc1O. The van der Waals surface area contributed by atoms with Crippen molar-refractivity contribution < 1.29 is 24.5 Å². The van der Waals surface area contributed by atoms with E-state index in [4.69, 9.17) is 9.84 Å². The van der Waals surface area contributed by atoms with Crippen LogP contribution in [-0.2, 0) is 4.74 Å². The molecule has 2 N–H and O–H groups in total. The molecule has 0 heterocycles. The van der Waals surface area contributed by atoms with Gasteiger partial charge in [0.25, 0.3) is 0 Å². The Balaban J connectivity index is 2.94.